The summed E-state index contributed by atoms with van der Waals surface area (Å²) in [6, 6.07) is 15.6. The van der Waals surface area contributed by atoms with E-state index in [1.165, 1.54) is 6.07 Å². The second-order valence-corrected chi connectivity index (χ2v) is 6.35. The summed E-state index contributed by atoms with van der Waals surface area (Å²) in [5, 5.41) is 3.32. The molecule has 1 amide bonds. The maximum Gasteiger partial charge on any atom is 0.351 e. The van der Waals surface area contributed by atoms with Gasteiger partial charge in [0.2, 0.25) is 0 Å². The van der Waals surface area contributed by atoms with Crippen molar-refractivity contribution in [3.05, 3.63) is 76.1 Å². The van der Waals surface area contributed by atoms with Crippen LogP contribution in [0.25, 0.3) is 11.0 Å². The Balaban J connectivity index is 1.68. The molecule has 27 heavy (non-hydrogen) atoms. The van der Waals surface area contributed by atoms with Gasteiger partial charge in [-0.3, -0.25) is 4.79 Å². The van der Waals surface area contributed by atoms with E-state index in [4.69, 9.17) is 9.15 Å². The number of anilines is 1. The number of benzene rings is 2. The summed E-state index contributed by atoms with van der Waals surface area (Å²) in [6.45, 7) is 3.53. The molecule has 3 rings (SSSR count). The molecule has 3 aromatic rings. The van der Waals surface area contributed by atoms with Crippen LogP contribution in [0.2, 0.25) is 0 Å². The summed E-state index contributed by atoms with van der Waals surface area (Å²) in [7, 11) is 0. The molecule has 6 heteroatoms. The minimum Gasteiger partial charge on any atom is -0.452 e. The lowest BCUT2D eigenvalue weighted by Gasteiger charge is -2.13. The lowest BCUT2D eigenvalue weighted by Crippen LogP contribution is -2.24. The predicted octanol–water partition coefficient (Wildman–Crippen LogP) is 3.71. The second kappa shape index (κ2) is 7.86. The third-order valence-corrected chi connectivity index (χ3v) is 4.05. The van der Waals surface area contributed by atoms with Crippen molar-refractivity contribution in [3.8, 4) is 0 Å². The number of carbonyl (C=O) groups excluding carboxylic acids is 2. The van der Waals surface area contributed by atoms with E-state index in [9.17, 15) is 14.4 Å². The van der Waals surface area contributed by atoms with Crippen molar-refractivity contribution in [1.82, 2.24) is 0 Å². The van der Waals surface area contributed by atoms with E-state index in [0.717, 1.165) is 5.56 Å². The predicted molar refractivity (Wildman–Crippen MR) is 102 cm³/mol. The zero-order valence-corrected chi connectivity index (χ0v) is 15.0. The topological polar surface area (TPSA) is 85.6 Å². The molecule has 0 bridgehead atoms. The van der Waals surface area contributed by atoms with Crippen molar-refractivity contribution in [2.24, 2.45) is 0 Å². The normalized spacial score (nSPS) is 10.8. The van der Waals surface area contributed by atoms with E-state index in [2.05, 4.69) is 5.32 Å². The third-order valence-electron chi connectivity index (χ3n) is 4.05. The van der Waals surface area contributed by atoms with E-state index >= 15 is 0 Å². The average molecular weight is 365 g/mol. The molecule has 0 unspecified atom stereocenters. The molecule has 0 saturated heterocycles. The molecule has 0 spiro atoms. The maximum absolute atomic E-state index is 12.2. The Labute approximate surface area is 155 Å². The first-order valence-electron chi connectivity index (χ1n) is 8.54. The number of esters is 1. The van der Waals surface area contributed by atoms with Crippen molar-refractivity contribution in [2.75, 3.05) is 11.9 Å². The molecule has 0 aliphatic heterocycles. The summed E-state index contributed by atoms with van der Waals surface area (Å²) >= 11 is 0. The number of para-hydroxylation sites is 2. The number of amides is 1. The zero-order chi connectivity index (χ0) is 19.4. The Morgan fingerprint density at radius 3 is 2.56 bits per heavy atom. The van der Waals surface area contributed by atoms with Crippen LogP contribution >= 0.6 is 0 Å². The average Bonchev–Trinajstić information content (AvgIpc) is 2.65. The molecular formula is C21H19NO5. The third kappa shape index (κ3) is 4.23. The number of nitrogens with one attached hydrogen (secondary N) is 1. The zero-order valence-electron chi connectivity index (χ0n) is 15.0. The van der Waals surface area contributed by atoms with Gasteiger partial charge in [-0.1, -0.05) is 50.2 Å². The number of rotatable bonds is 5. The van der Waals surface area contributed by atoms with Gasteiger partial charge in [0, 0.05) is 11.1 Å². The van der Waals surface area contributed by atoms with Crippen LogP contribution in [-0.2, 0) is 9.53 Å². The SMILES string of the molecule is CC(C)c1ccccc1NC(=O)COC(=O)c1cc2ccccc2oc1=O. The highest BCUT2D eigenvalue weighted by Gasteiger charge is 2.17. The minimum atomic E-state index is -0.901. The van der Waals surface area contributed by atoms with Crippen molar-refractivity contribution < 1.29 is 18.7 Å². The molecule has 0 radical (unpaired) electrons. The van der Waals surface area contributed by atoms with Crippen LogP contribution in [0.1, 0.15) is 35.7 Å². The number of hydrogen-bond acceptors (Lipinski definition) is 5. The highest BCUT2D eigenvalue weighted by Crippen LogP contribution is 2.23. The van der Waals surface area contributed by atoms with Crippen LogP contribution in [-0.4, -0.2) is 18.5 Å². The van der Waals surface area contributed by atoms with Gasteiger partial charge in [0.05, 0.1) is 0 Å². The molecule has 6 nitrogen and oxygen atoms in total. The van der Waals surface area contributed by atoms with Gasteiger partial charge in [0.25, 0.3) is 5.91 Å². The Morgan fingerprint density at radius 1 is 1.07 bits per heavy atom. The van der Waals surface area contributed by atoms with Gasteiger partial charge in [-0.25, -0.2) is 9.59 Å². The lowest BCUT2D eigenvalue weighted by atomic mass is 10.0. The minimum absolute atomic E-state index is 0.228. The van der Waals surface area contributed by atoms with Crippen molar-refractivity contribution >= 4 is 28.5 Å². The van der Waals surface area contributed by atoms with Crippen LogP contribution < -0.4 is 10.9 Å². The molecular weight excluding hydrogens is 346 g/mol. The fourth-order valence-electron chi connectivity index (χ4n) is 2.71. The Kier molecular flexibility index (Phi) is 5.35. The molecule has 138 valence electrons. The summed E-state index contributed by atoms with van der Waals surface area (Å²) in [6.07, 6.45) is 0. The van der Waals surface area contributed by atoms with Gasteiger partial charge in [0.15, 0.2) is 6.61 Å². The van der Waals surface area contributed by atoms with E-state index in [1.807, 2.05) is 32.0 Å². The highest BCUT2D eigenvalue weighted by molar-refractivity contribution is 5.97. The van der Waals surface area contributed by atoms with Crippen molar-refractivity contribution in [3.63, 3.8) is 0 Å². The van der Waals surface area contributed by atoms with E-state index < -0.39 is 24.1 Å². The molecule has 1 aromatic heterocycles. The molecule has 0 saturated carbocycles. The number of ether oxygens (including phenoxy) is 1. The van der Waals surface area contributed by atoms with E-state index in [0.29, 0.717) is 16.7 Å². The summed E-state index contributed by atoms with van der Waals surface area (Å²) < 4.78 is 10.1. The monoisotopic (exact) mass is 365 g/mol. The van der Waals surface area contributed by atoms with Gasteiger partial charge in [0.1, 0.15) is 11.1 Å². The largest absolute Gasteiger partial charge is 0.452 e. The van der Waals surface area contributed by atoms with Gasteiger partial charge < -0.3 is 14.5 Å². The quantitative estimate of drug-likeness (QED) is 0.550. The lowest BCUT2D eigenvalue weighted by molar-refractivity contribution is -0.119. The number of hydrogen-bond donors (Lipinski definition) is 1. The second-order valence-electron chi connectivity index (χ2n) is 6.35. The van der Waals surface area contributed by atoms with Gasteiger partial charge in [-0.05, 0) is 29.7 Å². The summed E-state index contributed by atoms with van der Waals surface area (Å²) in [5.41, 5.74) is 0.974. The van der Waals surface area contributed by atoms with Crippen LogP contribution in [0.4, 0.5) is 5.69 Å². The molecule has 1 N–H and O–H groups in total. The van der Waals surface area contributed by atoms with E-state index in [1.54, 1.807) is 30.3 Å². The smallest absolute Gasteiger partial charge is 0.351 e. The molecule has 0 aliphatic rings. The van der Waals surface area contributed by atoms with Crippen LogP contribution in [0, 0.1) is 0 Å². The van der Waals surface area contributed by atoms with Crippen LogP contribution in [0.3, 0.4) is 0 Å². The Hall–Kier alpha value is -3.41. The van der Waals surface area contributed by atoms with Crippen molar-refractivity contribution in [2.45, 2.75) is 19.8 Å². The van der Waals surface area contributed by atoms with Gasteiger partial charge in [-0.2, -0.15) is 0 Å². The van der Waals surface area contributed by atoms with E-state index in [-0.39, 0.29) is 11.5 Å². The van der Waals surface area contributed by atoms with Gasteiger partial charge in [-0.15, -0.1) is 0 Å². The summed E-state index contributed by atoms with van der Waals surface area (Å²) in [5.74, 6) is -1.16. The van der Waals surface area contributed by atoms with Crippen LogP contribution in [0.15, 0.2) is 63.8 Å². The summed E-state index contributed by atoms with van der Waals surface area (Å²) in [4.78, 5) is 36.3. The Morgan fingerprint density at radius 2 is 1.78 bits per heavy atom. The molecule has 0 aliphatic carbocycles. The first-order chi connectivity index (χ1) is 13.0. The highest BCUT2D eigenvalue weighted by atomic mass is 16.5. The molecule has 0 atom stereocenters. The number of fused-ring (bicyclic) bond motifs is 1. The van der Waals surface area contributed by atoms with Crippen LogP contribution in [0.5, 0.6) is 0 Å². The molecule has 0 fully saturated rings. The Bertz CT molecular complexity index is 1050. The fraction of sp³-hybridized carbons (Fsp3) is 0.190. The number of carbonyl (C=O) groups is 2. The first kappa shape index (κ1) is 18.4. The maximum atomic E-state index is 12.2. The fourth-order valence-corrected chi connectivity index (χ4v) is 2.71. The molecule has 2 aromatic carbocycles. The molecule has 1 heterocycles. The van der Waals surface area contributed by atoms with Gasteiger partial charge >= 0.3 is 11.6 Å². The first-order valence-corrected chi connectivity index (χ1v) is 8.54. The standard InChI is InChI=1S/C21H19NO5/c1-13(2)15-8-4-5-9-17(15)22-19(23)12-26-20(24)16-11-14-7-3-6-10-18(14)27-21(16)25/h3-11,13H,12H2,1-2H3,(H,22,23). The van der Waals surface area contributed by atoms with Crippen molar-refractivity contribution in [1.29, 1.82) is 0 Å².